The molecule has 10 heteroatoms. The van der Waals surface area contributed by atoms with Gasteiger partial charge in [-0.2, -0.15) is 0 Å². The molecule has 0 radical (unpaired) electrons. The van der Waals surface area contributed by atoms with Crippen LogP contribution in [-0.2, 0) is 13.6 Å². The predicted octanol–water partition coefficient (Wildman–Crippen LogP) is 2.25. The molecule has 1 aliphatic rings. The molecule has 0 amide bonds. The molecule has 0 unspecified atom stereocenters. The molecule has 4 rings (SSSR count). The van der Waals surface area contributed by atoms with E-state index in [1.54, 1.807) is 28.7 Å². The number of tetrazole rings is 1. The van der Waals surface area contributed by atoms with Crippen LogP contribution in [0.25, 0.3) is 11.4 Å². The molecule has 0 atom stereocenters. The SMILES string of the molecule is Cn1nnnc1SCCn1ccnc1-c1cc2c(cc1Cl)OCO2. The molecule has 0 bridgehead atoms. The largest absolute Gasteiger partial charge is 0.454 e. The fraction of sp³-hybridized carbons (Fsp3) is 0.286. The molecule has 3 heterocycles. The average molecular weight is 365 g/mol. The first-order valence-corrected chi connectivity index (χ1v) is 8.54. The minimum Gasteiger partial charge on any atom is -0.454 e. The number of thioether (sulfide) groups is 1. The molecule has 24 heavy (non-hydrogen) atoms. The molecule has 2 aromatic heterocycles. The molecule has 0 saturated heterocycles. The molecule has 0 aliphatic carbocycles. The Bertz CT molecular complexity index is 880. The van der Waals surface area contributed by atoms with Gasteiger partial charge in [-0.15, -0.1) is 5.10 Å². The minimum atomic E-state index is 0.214. The van der Waals surface area contributed by atoms with E-state index in [1.807, 2.05) is 23.9 Å². The third-order valence-electron chi connectivity index (χ3n) is 3.56. The Hall–Kier alpha value is -2.26. The van der Waals surface area contributed by atoms with E-state index < -0.39 is 0 Å². The summed E-state index contributed by atoms with van der Waals surface area (Å²) in [6, 6.07) is 3.63. The number of aryl methyl sites for hydroxylation is 2. The van der Waals surface area contributed by atoms with Gasteiger partial charge in [-0.05, 0) is 16.5 Å². The van der Waals surface area contributed by atoms with Crippen molar-refractivity contribution in [3.8, 4) is 22.9 Å². The lowest BCUT2D eigenvalue weighted by Crippen LogP contribution is -2.03. The molecule has 0 fully saturated rings. The van der Waals surface area contributed by atoms with Gasteiger partial charge < -0.3 is 14.0 Å². The van der Waals surface area contributed by atoms with Gasteiger partial charge in [0.15, 0.2) is 11.5 Å². The molecule has 0 spiro atoms. The van der Waals surface area contributed by atoms with E-state index >= 15 is 0 Å². The van der Waals surface area contributed by atoms with Crippen molar-refractivity contribution in [1.82, 2.24) is 29.8 Å². The Morgan fingerprint density at radius 2 is 2.12 bits per heavy atom. The van der Waals surface area contributed by atoms with Gasteiger partial charge in [0.25, 0.3) is 0 Å². The fourth-order valence-electron chi connectivity index (χ4n) is 2.40. The highest BCUT2D eigenvalue weighted by atomic mass is 35.5. The van der Waals surface area contributed by atoms with Crippen molar-refractivity contribution in [2.75, 3.05) is 12.5 Å². The van der Waals surface area contributed by atoms with Crippen molar-refractivity contribution in [3.05, 3.63) is 29.5 Å². The smallest absolute Gasteiger partial charge is 0.231 e. The normalized spacial score (nSPS) is 12.8. The molecule has 3 aromatic rings. The summed E-state index contributed by atoms with van der Waals surface area (Å²) in [7, 11) is 1.82. The summed E-state index contributed by atoms with van der Waals surface area (Å²) in [5.74, 6) is 2.94. The molecule has 0 N–H and O–H groups in total. The first kappa shape index (κ1) is 15.3. The number of ether oxygens (including phenoxy) is 2. The lowest BCUT2D eigenvalue weighted by atomic mass is 10.2. The van der Waals surface area contributed by atoms with Gasteiger partial charge in [-0.3, -0.25) is 0 Å². The monoisotopic (exact) mass is 364 g/mol. The van der Waals surface area contributed by atoms with Crippen LogP contribution in [0.4, 0.5) is 0 Å². The van der Waals surface area contributed by atoms with Crippen LogP contribution in [0.5, 0.6) is 11.5 Å². The van der Waals surface area contributed by atoms with Gasteiger partial charge in [-0.25, -0.2) is 9.67 Å². The number of fused-ring (bicyclic) bond motifs is 1. The summed E-state index contributed by atoms with van der Waals surface area (Å²) in [4.78, 5) is 4.43. The van der Waals surface area contributed by atoms with E-state index in [2.05, 4.69) is 20.5 Å². The highest BCUT2D eigenvalue weighted by Crippen LogP contribution is 2.40. The van der Waals surface area contributed by atoms with E-state index in [9.17, 15) is 0 Å². The maximum atomic E-state index is 6.38. The number of hydrogen-bond acceptors (Lipinski definition) is 7. The van der Waals surface area contributed by atoms with E-state index in [4.69, 9.17) is 21.1 Å². The summed E-state index contributed by atoms with van der Waals surface area (Å²) in [5, 5.41) is 12.8. The number of rotatable bonds is 5. The van der Waals surface area contributed by atoms with Crippen molar-refractivity contribution in [1.29, 1.82) is 0 Å². The van der Waals surface area contributed by atoms with E-state index in [-0.39, 0.29) is 6.79 Å². The first-order chi connectivity index (χ1) is 11.7. The third-order valence-corrected chi connectivity index (χ3v) is 4.87. The Morgan fingerprint density at radius 3 is 2.92 bits per heavy atom. The third kappa shape index (κ3) is 2.80. The summed E-state index contributed by atoms with van der Waals surface area (Å²) >= 11 is 7.96. The summed E-state index contributed by atoms with van der Waals surface area (Å²) in [5.41, 5.74) is 0.816. The number of nitrogens with zero attached hydrogens (tertiary/aromatic N) is 6. The van der Waals surface area contributed by atoms with Crippen LogP contribution in [0.1, 0.15) is 0 Å². The van der Waals surface area contributed by atoms with E-state index in [0.29, 0.717) is 16.5 Å². The Balaban J connectivity index is 1.54. The number of hydrogen-bond donors (Lipinski definition) is 0. The van der Waals surface area contributed by atoms with Crippen LogP contribution in [0.2, 0.25) is 5.02 Å². The zero-order chi connectivity index (χ0) is 16.5. The van der Waals surface area contributed by atoms with Gasteiger partial charge in [0.05, 0.1) is 5.02 Å². The zero-order valence-corrected chi connectivity index (χ0v) is 14.3. The summed E-state index contributed by atoms with van der Waals surface area (Å²) in [6.45, 7) is 0.962. The molecule has 1 aromatic carbocycles. The van der Waals surface area contributed by atoms with Crippen molar-refractivity contribution in [2.24, 2.45) is 7.05 Å². The lowest BCUT2D eigenvalue weighted by molar-refractivity contribution is 0.174. The highest BCUT2D eigenvalue weighted by molar-refractivity contribution is 7.99. The van der Waals surface area contributed by atoms with Gasteiger partial charge >= 0.3 is 0 Å². The Kier molecular flexibility index (Phi) is 4.03. The van der Waals surface area contributed by atoms with Crippen LogP contribution >= 0.6 is 23.4 Å². The van der Waals surface area contributed by atoms with Crippen LogP contribution in [-0.4, -0.2) is 42.3 Å². The van der Waals surface area contributed by atoms with Crippen LogP contribution < -0.4 is 9.47 Å². The average Bonchev–Trinajstić information content (AvgIpc) is 3.28. The minimum absolute atomic E-state index is 0.214. The maximum absolute atomic E-state index is 6.38. The fourth-order valence-corrected chi connectivity index (χ4v) is 3.43. The standard InChI is InChI=1S/C14H13ClN6O2S/c1-20-14(17-18-19-20)24-5-4-21-3-2-16-13(21)9-6-11-12(7-10(9)15)23-8-22-11/h2-3,6-7H,4-5,8H2,1H3. The molecular formula is C14H13ClN6O2S. The highest BCUT2D eigenvalue weighted by Gasteiger charge is 2.19. The second-order valence-corrected chi connectivity index (χ2v) is 6.53. The molecule has 8 nitrogen and oxygen atoms in total. The van der Waals surface area contributed by atoms with Crippen LogP contribution in [0, 0.1) is 0 Å². The van der Waals surface area contributed by atoms with E-state index in [0.717, 1.165) is 28.8 Å². The van der Waals surface area contributed by atoms with E-state index in [1.165, 1.54) is 0 Å². The van der Waals surface area contributed by atoms with Crippen molar-refractivity contribution >= 4 is 23.4 Å². The van der Waals surface area contributed by atoms with Gasteiger partial charge in [0.2, 0.25) is 11.9 Å². The maximum Gasteiger partial charge on any atom is 0.231 e. The van der Waals surface area contributed by atoms with Crippen molar-refractivity contribution < 1.29 is 9.47 Å². The zero-order valence-electron chi connectivity index (χ0n) is 12.7. The second kappa shape index (κ2) is 6.33. The topological polar surface area (TPSA) is 79.9 Å². The van der Waals surface area contributed by atoms with Crippen molar-refractivity contribution in [3.63, 3.8) is 0 Å². The lowest BCUT2D eigenvalue weighted by Gasteiger charge is -2.09. The molecule has 124 valence electrons. The first-order valence-electron chi connectivity index (χ1n) is 7.18. The molecule has 0 saturated carbocycles. The van der Waals surface area contributed by atoms with Gasteiger partial charge in [0.1, 0.15) is 5.82 Å². The summed E-state index contributed by atoms with van der Waals surface area (Å²) < 4.78 is 14.5. The van der Waals surface area contributed by atoms with Gasteiger partial charge in [-0.1, -0.05) is 23.4 Å². The summed E-state index contributed by atoms with van der Waals surface area (Å²) in [6.07, 6.45) is 3.68. The number of aromatic nitrogens is 6. The number of imidazole rings is 1. The number of halogens is 1. The quantitative estimate of drug-likeness (QED) is 0.642. The number of benzene rings is 1. The molecule has 1 aliphatic heterocycles. The molecular weight excluding hydrogens is 352 g/mol. The van der Waals surface area contributed by atoms with Crippen molar-refractivity contribution in [2.45, 2.75) is 11.7 Å². The van der Waals surface area contributed by atoms with Crippen LogP contribution in [0.15, 0.2) is 29.7 Å². The Labute approximate surface area is 146 Å². The van der Waals surface area contributed by atoms with Crippen LogP contribution in [0.3, 0.4) is 0 Å². The Morgan fingerprint density at radius 1 is 1.29 bits per heavy atom. The second-order valence-electron chi connectivity index (χ2n) is 5.06. The van der Waals surface area contributed by atoms with Gasteiger partial charge in [0, 0.05) is 43.4 Å². The predicted molar refractivity (Wildman–Crippen MR) is 88.3 cm³/mol.